The summed E-state index contributed by atoms with van der Waals surface area (Å²) in [5, 5.41) is 13.4. The molecule has 0 bridgehead atoms. The lowest BCUT2D eigenvalue weighted by Gasteiger charge is -2.00. The van der Waals surface area contributed by atoms with Crippen molar-refractivity contribution in [3.63, 3.8) is 0 Å². The Morgan fingerprint density at radius 1 is 1.09 bits per heavy atom. The average Bonchev–Trinajstić information content (AvgIpc) is 2.92. The van der Waals surface area contributed by atoms with Gasteiger partial charge in [-0.15, -0.1) is 0 Å². The maximum Gasteiger partial charge on any atom is 0.309 e. The van der Waals surface area contributed by atoms with Gasteiger partial charge in [0.15, 0.2) is 0 Å². The van der Waals surface area contributed by atoms with Crippen molar-refractivity contribution in [1.82, 2.24) is 9.78 Å². The van der Waals surface area contributed by atoms with Gasteiger partial charge in [-0.3, -0.25) is 4.79 Å². The summed E-state index contributed by atoms with van der Waals surface area (Å²) in [5.74, 6) is -1.27. The third-order valence-electron chi connectivity index (χ3n) is 3.29. The SMILES string of the molecule is O=C(O)Cc1nn(-c2ccc(F)cc2)cc1-c1ccccc1. The number of nitrogens with zero attached hydrogens (tertiary/aromatic N) is 2. The zero-order chi connectivity index (χ0) is 15.5. The predicted octanol–water partition coefficient (Wildman–Crippen LogP) is 3.31. The van der Waals surface area contributed by atoms with Gasteiger partial charge in [-0.25, -0.2) is 9.07 Å². The molecule has 2 aromatic carbocycles. The zero-order valence-electron chi connectivity index (χ0n) is 11.6. The number of aromatic nitrogens is 2. The number of carbonyl (C=O) groups is 1. The van der Waals surface area contributed by atoms with Gasteiger partial charge >= 0.3 is 5.97 Å². The monoisotopic (exact) mass is 296 g/mol. The van der Waals surface area contributed by atoms with Crippen LogP contribution in [0.2, 0.25) is 0 Å². The molecule has 0 aliphatic heterocycles. The molecule has 0 fully saturated rings. The van der Waals surface area contributed by atoms with Gasteiger partial charge in [0.25, 0.3) is 0 Å². The molecule has 0 spiro atoms. The summed E-state index contributed by atoms with van der Waals surface area (Å²) < 4.78 is 14.6. The standard InChI is InChI=1S/C17H13FN2O2/c18-13-6-8-14(9-7-13)20-11-15(12-4-2-1-3-5-12)16(19-20)10-17(21)22/h1-9,11H,10H2,(H,21,22). The quantitative estimate of drug-likeness (QED) is 0.803. The summed E-state index contributed by atoms with van der Waals surface area (Å²) in [7, 11) is 0. The van der Waals surface area contributed by atoms with E-state index in [1.165, 1.54) is 12.1 Å². The van der Waals surface area contributed by atoms with E-state index in [0.29, 0.717) is 11.4 Å². The largest absolute Gasteiger partial charge is 0.481 e. The number of aliphatic carboxylic acids is 1. The minimum absolute atomic E-state index is 0.168. The van der Waals surface area contributed by atoms with E-state index >= 15 is 0 Å². The van der Waals surface area contributed by atoms with Crippen molar-refractivity contribution >= 4 is 5.97 Å². The van der Waals surface area contributed by atoms with E-state index in [1.54, 1.807) is 23.0 Å². The number of rotatable bonds is 4. The Morgan fingerprint density at radius 3 is 2.41 bits per heavy atom. The highest BCUT2D eigenvalue weighted by Gasteiger charge is 2.14. The summed E-state index contributed by atoms with van der Waals surface area (Å²) in [6.07, 6.45) is 1.60. The molecule has 1 aromatic heterocycles. The Morgan fingerprint density at radius 2 is 1.77 bits per heavy atom. The van der Waals surface area contributed by atoms with Crippen LogP contribution in [0.3, 0.4) is 0 Å². The second-order valence-electron chi connectivity index (χ2n) is 4.85. The molecule has 0 radical (unpaired) electrons. The maximum atomic E-state index is 13.0. The van der Waals surface area contributed by atoms with Gasteiger partial charge in [0.1, 0.15) is 5.82 Å². The molecule has 3 rings (SSSR count). The predicted molar refractivity (Wildman–Crippen MR) is 80.3 cm³/mol. The molecule has 3 aromatic rings. The third kappa shape index (κ3) is 2.88. The van der Waals surface area contributed by atoms with Gasteiger partial charge in [0, 0.05) is 11.8 Å². The van der Waals surface area contributed by atoms with E-state index in [2.05, 4.69) is 5.10 Å². The van der Waals surface area contributed by atoms with Crippen molar-refractivity contribution in [2.24, 2.45) is 0 Å². The first-order chi connectivity index (χ1) is 10.6. The Hall–Kier alpha value is -2.95. The summed E-state index contributed by atoms with van der Waals surface area (Å²) in [6, 6.07) is 15.3. The fourth-order valence-corrected chi connectivity index (χ4v) is 2.27. The van der Waals surface area contributed by atoms with Crippen LogP contribution in [0.1, 0.15) is 5.69 Å². The number of carboxylic acids is 1. The van der Waals surface area contributed by atoms with Crippen LogP contribution in [-0.2, 0) is 11.2 Å². The van der Waals surface area contributed by atoms with Crippen molar-refractivity contribution in [3.05, 3.63) is 72.3 Å². The second kappa shape index (κ2) is 5.81. The molecule has 0 aliphatic rings. The molecule has 1 N–H and O–H groups in total. The molecule has 4 nitrogen and oxygen atoms in total. The highest BCUT2D eigenvalue weighted by atomic mass is 19.1. The minimum atomic E-state index is -0.943. The Balaban J connectivity index is 2.08. The molecule has 22 heavy (non-hydrogen) atoms. The first kappa shape index (κ1) is 14.0. The van der Waals surface area contributed by atoms with E-state index in [-0.39, 0.29) is 12.2 Å². The van der Waals surface area contributed by atoms with Gasteiger partial charge in [0.2, 0.25) is 0 Å². The van der Waals surface area contributed by atoms with Crippen LogP contribution in [0.25, 0.3) is 16.8 Å². The van der Waals surface area contributed by atoms with Crippen molar-refractivity contribution in [2.75, 3.05) is 0 Å². The lowest BCUT2D eigenvalue weighted by atomic mass is 10.1. The summed E-state index contributed by atoms with van der Waals surface area (Å²) >= 11 is 0. The lowest BCUT2D eigenvalue weighted by molar-refractivity contribution is -0.136. The Bertz CT molecular complexity index is 795. The van der Waals surface area contributed by atoms with Gasteiger partial charge in [-0.05, 0) is 29.8 Å². The Kier molecular flexibility index (Phi) is 3.70. The summed E-state index contributed by atoms with van der Waals surface area (Å²) in [6.45, 7) is 0. The molecule has 0 amide bonds. The van der Waals surface area contributed by atoms with Crippen molar-refractivity contribution in [3.8, 4) is 16.8 Å². The van der Waals surface area contributed by atoms with Crippen LogP contribution >= 0.6 is 0 Å². The van der Waals surface area contributed by atoms with Gasteiger partial charge in [-0.2, -0.15) is 5.10 Å². The zero-order valence-corrected chi connectivity index (χ0v) is 11.6. The first-order valence-electron chi connectivity index (χ1n) is 6.75. The molecule has 0 unspecified atom stereocenters. The fraction of sp³-hybridized carbons (Fsp3) is 0.0588. The second-order valence-corrected chi connectivity index (χ2v) is 4.85. The van der Waals surface area contributed by atoms with Crippen LogP contribution in [-0.4, -0.2) is 20.9 Å². The van der Waals surface area contributed by atoms with Gasteiger partial charge in [-0.1, -0.05) is 30.3 Å². The van der Waals surface area contributed by atoms with Crippen LogP contribution < -0.4 is 0 Å². The van der Waals surface area contributed by atoms with Gasteiger partial charge < -0.3 is 5.11 Å². The van der Waals surface area contributed by atoms with Crippen molar-refractivity contribution in [2.45, 2.75) is 6.42 Å². The molecule has 0 atom stereocenters. The molecule has 5 heteroatoms. The average molecular weight is 296 g/mol. The molecule has 0 saturated heterocycles. The maximum absolute atomic E-state index is 13.0. The van der Waals surface area contributed by atoms with Crippen LogP contribution in [0.15, 0.2) is 60.8 Å². The minimum Gasteiger partial charge on any atom is -0.481 e. The van der Waals surface area contributed by atoms with E-state index in [4.69, 9.17) is 5.11 Å². The summed E-state index contributed by atoms with van der Waals surface area (Å²) in [5.41, 5.74) is 2.80. The number of halogens is 1. The van der Waals surface area contributed by atoms with E-state index in [1.807, 2.05) is 30.3 Å². The lowest BCUT2D eigenvalue weighted by Crippen LogP contribution is -2.03. The third-order valence-corrected chi connectivity index (χ3v) is 3.29. The van der Waals surface area contributed by atoms with E-state index in [0.717, 1.165) is 11.1 Å². The fourth-order valence-electron chi connectivity index (χ4n) is 2.27. The molecule has 0 aliphatic carbocycles. The van der Waals surface area contributed by atoms with Crippen molar-refractivity contribution in [1.29, 1.82) is 0 Å². The number of hydrogen-bond donors (Lipinski definition) is 1. The Labute approximate surface area is 126 Å². The van der Waals surface area contributed by atoms with E-state index < -0.39 is 5.97 Å². The number of carboxylic acid groups (broad SMARTS) is 1. The normalized spacial score (nSPS) is 10.6. The number of hydrogen-bond acceptors (Lipinski definition) is 2. The van der Waals surface area contributed by atoms with Crippen LogP contribution in [0, 0.1) is 5.82 Å². The highest BCUT2D eigenvalue weighted by Crippen LogP contribution is 2.25. The highest BCUT2D eigenvalue weighted by molar-refractivity contribution is 5.75. The first-order valence-corrected chi connectivity index (χ1v) is 6.75. The van der Waals surface area contributed by atoms with Crippen molar-refractivity contribution < 1.29 is 14.3 Å². The molecule has 110 valence electrons. The smallest absolute Gasteiger partial charge is 0.309 e. The molecule has 1 heterocycles. The topological polar surface area (TPSA) is 55.1 Å². The van der Waals surface area contributed by atoms with E-state index in [9.17, 15) is 9.18 Å². The summed E-state index contributed by atoms with van der Waals surface area (Å²) in [4.78, 5) is 11.0. The van der Waals surface area contributed by atoms with Gasteiger partial charge in [0.05, 0.1) is 17.8 Å². The molecular formula is C17H13FN2O2. The molecular weight excluding hydrogens is 283 g/mol. The van der Waals surface area contributed by atoms with Crippen LogP contribution in [0.5, 0.6) is 0 Å². The van der Waals surface area contributed by atoms with Crippen LogP contribution in [0.4, 0.5) is 4.39 Å². The molecule has 0 saturated carbocycles. The number of benzene rings is 2.